The number of benzene rings is 1. The van der Waals surface area contributed by atoms with E-state index in [1.165, 1.54) is 15.0 Å². The summed E-state index contributed by atoms with van der Waals surface area (Å²) in [6.07, 6.45) is 0. The van der Waals surface area contributed by atoms with Gasteiger partial charge in [-0.15, -0.1) is 11.3 Å². The number of nitrogens with two attached hydrogens (primary N) is 1. The second kappa shape index (κ2) is 2.24. The van der Waals surface area contributed by atoms with E-state index in [4.69, 9.17) is 5.73 Å². The van der Waals surface area contributed by atoms with E-state index < -0.39 is 0 Å². The van der Waals surface area contributed by atoms with Crippen molar-refractivity contribution in [3.8, 4) is 0 Å². The average molecular weight is 163 g/mol. The first-order valence-electron chi connectivity index (χ1n) is 3.52. The Morgan fingerprint density at radius 3 is 2.73 bits per heavy atom. The molecule has 0 aliphatic rings. The predicted molar refractivity (Wildman–Crippen MR) is 51.0 cm³/mol. The molecule has 0 unspecified atom stereocenters. The number of hydrogen-bond acceptors (Lipinski definition) is 2. The van der Waals surface area contributed by atoms with Gasteiger partial charge in [0.2, 0.25) is 0 Å². The average Bonchev–Trinajstić information content (AvgIpc) is 2.30. The zero-order valence-corrected chi connectivity index (χ0v) is 7.11. The van der Waals surface area contributed by atoms with Gasteiger partial charge >= 0.3 is 0 Å². The molecule has 11 heavy (non-hydrogen) atoms. The Hall–Kier alpha value is -1.02. The molecular formula is C9H9NS. The third kappa shape index (κ3) is 0.906. The second-order valence-electron chi connectivity index (χ2n) is 2.57. The normalized spacial score (nSPS) is 10.6. The Kier molecular flexibility index (Phi) is 1.36. The van der Waals surface area contributed by atoms with E-state index in [0.717, 1.165) is 5.69 Å². The lowest BCUT2D eigenvalue weighted by molar-refractivity contribution is 1.64. The van der Waals surface area contributed by atoms with Crippen LogP contribution in [0.15, 0.2) is 24.3 Å². The van der Waals surface area contributed by atoms with Crippen LogP contribution in [0.3, 0.4) is 0 Å². The molecule has 2 heteroatoms. The third-order valence-electron chi connectivity index (χ3n) is 1.82. The van der Waals surface area contributed by atoms with E-state index >= 15 is 0 Å². The van der Waals surface area contributed by atoms with E-state index in [-0.39, 0.29) is 0 Å². The quantitative estimate of drug-likeness (QED) is 0.635. The van der Waals surface area contributed by atoms with Gasteiger partial charge in [-0.3, -0.25) is 0 Å². The SMILES string of the molecule is Cc1sc2ccccc2c1N. The van der Waals surface area contributed by atoms with Crippen LogP contribution in [-0.4, -0.2) is 0 Å². The molecule has 0 bridgehead atoms. The van der Waals surface area contributed by atoms with Gasteiger partial charge in [0.15, 0.2) is 0 Å². The number of aryl methyl sites for hydroxylation is 1. The molecule has 0 amide bonds. The predicted octanol–water partition coefficient (Wildman–Crippen LogP) is 2.79. The van der Waals surface area contributed by atoms with Gasteiger partial charge in [0.1, 0.15) is 0 Å². The lowest BCUT2D eigenvalue weighted by Crippen LogP contribution is -1.82. The fraction of sp³-hybridized carbons (Fsp3) is 0.111. The van der Waals surface area contributed by atoms with Gasteiger partial charge in [0.05, 0.1) is 5.69 Å². The summed E-state index contributed by atoms with van der Waals surface area (Å²) in [4.78, 5) is 1.21. The lowest BCUT2D eigenvalue weighted by atomic mass is 10.2. The minimum absolute atomic E-state index is 0.936. The van der Waals surface area contributed by atoms with Crippen LogP contribution in [0.2, 0.25) is 0 Å². The van der Waals surface area contributed by atoms with Crippen LogP contribution < -0.4 is 5.73 Å². The van der Waals surface area contributed by atoms with Crippen LogP contribution in [0, 0.1) is 6.92 Å². The summed E-state index contributed by atoms with van der Waals surface area (Å²) in [5.74, 6) is 0. The number of thiophene rings is 1. The minimum atomic E-state index is 0.936. The van der Waals surface area contributed by atoms with Crippen molar-refractivity contribution < 1.29 is 0 Å². The fourth-order valence-electron chi connectivity index (χ4n) is 1.19. The highest BCUT2D eigenvalue weighted by Crippen LogP contribution is 2.32. The Balaban J connectivity index is 2.92. The third-order valence-corrected chi connectivity index (χ3v) is 2.92. The fourth-order valence-corrected chi connectivity index (χ4v) is 2.17. The van der Waals surface area contributed by atoms with Crippen molar-refractivity contribution in [2.45, 2.75) is 6.92 Å². The first-order chi connectivity index (χ1) is 5.29. The summed E-state index contributed by atoms with van der Waals surface area (Å²) in [7, 11) is 0. The molecule has 2 rings (SSSR count). The van der Waals surface area contributed by atoms with Crippen molar-refractivity contribution in [2.24, 2.45) is 0 Å². The summed E-state index contributed by atoms with van der Waals surface area (Å²) in [6.45, 7) is 2.06. The zero-order valence-electron chi connectivity index (χ0n) is 6.29. The van der Waals surface area contributed by atoms with Crippen molar-refractivity contribution >= 4 is 27.1 Å². The van der Waals surface area contributed by atoms with Crippen LogP contribution in [-0.2, 0) is 0 Å². The first kappa shape index (κ1) is 6.68. The van der Waals surface area contributed by atoms with Crippen LogP contribution in [0.5, 0.6) is 0 Å². The van der Waals surface area contributed by atoms with Gasteiger partial charge in [-0.1, -0.05) is 18.2 Å². The van der Waals surface area contributed by atoms with Gasteiger partial charge < -0.3 is 5.73 Å². The van der Waals surface area contributed by atoms with Crippen LogP contribution >= 0.6 is 11.3 Å². The molecule has 0 atom stereocenters. The van der Waals surface area contributed by atoms with Crippen LogP contribution in [0.4, 0.5) is 5.69 Å². The summed E-state index contributed by atoms with van der Waals surface area (Å²) in [6, 6.07) is 8.22. The Labute approximate surface area is 69.5 Å². The highest BCUT2D eigenvalue weighted by atomic mass is 32.1. The molecule has 1 aromatic heterocycles. The molecular weight excluding hydrogens is 154 g/mol. The zero-order chi connectivity index (χ0) is 7.84. The van der Waals surface area contributed by atoms with Crippen LogP contribution in [0.25, 0.3) is 10.1 Å². The summed E-state index contributed by atoms with van der Waals surface area (Å²) in [5.41, 5.74) is 6.78. The molecule has 0 aliphatic carbocycles. The second-order valence-corrected chi connectivity index (χ2v) is 3.82. The monoisotopic (exact) mass is 163 g/mol. The number of hydrogen-bond donors (Lipinski definition) is 1. The molecule has 1 heterocycles. The van der Waals surface area contributed by atoms with Gasteiger partial charge in [-0.05, 0) is 13.0 Å². The van der Waals surface area contributed by atoms with E-state index in [2.05, 4.69) is 19.1 Å². The maximum atomic E-state index is 5.85. The molecule has 0 fully saturated rings. The first-order valence-corrected chi connectivity index (χ1v) is 4.34. The van der Waals surface area contributed by atoms with Gasteiger partial charge in [-0.2, -0.15) is 0 Å². The van der Waals surface area contributed by atoms with Crippen molar-refractivity contribution in [2.75, 3.05) is 5.73 Å². The number of nitrogen functional groups attached to an aromatic ring is 1. The molecule has 2 aromatic rings. The summed E-state index contributed by atoms with van der Waals surface area (Å²) < 4.78 is 1.28. The van der Waals surface area contributed by atoms with Crippen LogP contribution in [0.1, 0.15) is 4.88 Å². The van der Waals surface area contributed by atoms with Gasteiger partial charge in [0, 0.05) is 15.0 Å². The molecule has 0 spiro atoms. The molecule has 0 saturated heterocycles. The Morgan fingerprint density at radius 2 is 2.00 bits per heavy atom. The highest BCUT2D eigenvalue weighted by molar-refractivity contribution is 7.19. The molecule has 0 saturated carbocycles. The van der Waals surface area contributed by atoms with E-state index in [9.17, 15) is 0 Å². The number of anilines is 1. The van der Waals surface area contributed by atoms with Crippen molar-refractivity contribution in [1.29, 1.82) is 0 Å². The summed E-state index contributed by atoms with van der Waals surface area (Å²) >= 11 is 1.75. The van der Waals surface area contributed by atoms with Gasteiger partial charge in [-0.25, -0.2) is 0 Å². The molecule has 2 N–H and O–H groups in total. The lowest BCUT2D eigenvalue weighted by Gasteiger charge is -1.88. The molecule has 1 aromatic carbocycles. The van der Waals surface area contributed by atoms with Crippen molar-refractivity contribution in [3.05, 3.63) is 29.1 Å². The molecule has 1 nitrogen and oxygen atoms in total. The maximum Gasteiger partial charge on any atom is 0.0532 e. The van der Waals surface area contributed by atoms with Gasteiger partial charge in [0.25, 0.3) is 0 Å². The van der Waals surface area contributed by atoms with E-state index in [1.54, 1.807) is 11.3 Å². The van der Waals surface area contributed by atoms with E-state index in [0.29, 0.717) is 0 Å². The smallest absolute Gasteiger partial charge is 0.0532 e. The molecule has 56 valence electrons. The number of fused-ring (bicyclic) bond motifs is 1. The number of rotatable bonds is 0. The largest absolute Gasteiger partial charge is 0.397 e. The topological polar surface area (TPSA) is 26.0 Å². The highest BCUT2D eigenvalue weighted by Gasteiger charge is 2.02. The molecule has 0 radical (unpaired) electrons. The van der Waals surface area contributed by atoms with Crippen molar-refractivity contribution in [1.82, 2.24) is 0 Å². The minimum Gasteiger partial charge on any atom is -0.397 e. The Bertz CT molecular complexity index is 389. The maximum absolute atomic E-state index is 5.85. The van der Waals surface area contributed by atoms with Crippen molar-refractivity contribution in [3.63, 3.8) is 0 Å². The van der Waals surface area contributed by atoms with E-state index in [1.807, 2.05) is 12.1 Å². The Morgan fingerprint density at radius 1 is 1.27 bits per heavy atom. The molecule has 0 aliphatic heterocycles. The summed E-state index contributed by atoms with van der Waals surface area (Å²) in [5, 5.41) is 1.19. The standard InChI is InChI=1S/C9H9NS/c1-6-9(10)7-4-2-3-5-8(7)11-6/h2-5H,10H2,1H3.